The Kier molecular flexibility index (Phi) is 7.11. The SMILES string of the molecule is COCc1nc2ccccc2c(C)c1C(=O)OCC(=O)Nc1ccc(C(F)(F)F)cc1[N+](=O)[O-]. The molecule has 1 N–H and O–H groups in total. The van der Waals surface area contributed by atoms with Gasteiger partial charge in [0.25, 0.3) is 11.6 Å². The summed E-state index contributed by atoms with van der Waals surface area (Å²) in [6.07, 6.45) is -4.80. The van der Waals surface area contributed by atoms with Gasteiger partial charge in [0.05, 0.1) is 33.9 Å². The zero-order valence-electron chi connectivity index (χ0n) is 17.9. The molecule has 1 aromatic heterocycles. The summed E-state index contributed by atoms with van der Waals surface area (Å²) in [5, 5.41) is 13.9. The number of aryl methyl sites for hydroxylation is 1. The number of nitro groups is 1. The van der Waals surface area contributed by atoms with E-state index < -0.39 is 46.5 Å². The molecule has 0 aliphatic rings. The van der Waals surface area contributed by atoms with Crippen molar-refractivity contribution in [1.29, 1.82) is 0 Å². The maximum Gasteiger partial charge on any atom is 0.416 e. The highest BCUT2D eigenvalue weighted by Gasteiger charge is 2.33. The van der Waals surface area contributed by atoms with E-state index in [4.69, 9.17) is 9.47 Å². The molecule has 2 aromatic carbocycles. The summed E-state index contributed by atoms with van der Waals surface area (Å²) >= 11 is 0. The second kappa shape index (κ2) is 9.83. The third-order valence-corrected chi connectivity index (χ3v) is 4.84. The van der Waals surface area contributed by atoms with Crippen LogP contribution in [0.2, 0.25) is 0 Å². The van der Waals surface area contributed by atoms with E-state index in [1.54, 1.807) is 31.2 Å². The summed E-state index contributed by atoms with van der Waals surface area (Å²) in [5.74, 6) is -1.85. The Morgan fingerprint density at radius 2 is 1.88 bits per heavy atom. The Labute approximate surface area is 190 Å². The molecule has 178 valence electrons. The zero-order chi connectivity index (χ0) is 25.0. The number of pyridine rings is 1. The monoisotopic (exact) mass is 477 g/mol. The Bertz CT molecular complexity index is 1280. The van der Waals surface area contributed by atoms with Gasteiger partial charge in [-0.2, -0.15) is 13.2 Å². The molecule has 0 aliphatic heterocycles. The highest BCUT2D eigenvalue weighted by molar-refractivity contribution is 6.00. The molecule has 0 bridgehead atoms. The van der Waals surface area contributed by atoms with Crippen LogP contribution in [-0.2, 0) is 27.1 Å². The van der Waals surface area contributed by atoms with Crippen LogP contribution in [0.1, 0.15) is 27.2 Å². The lowest BCUT2D eigenvalue weighted by Gasteiger charge is -2.14. The number of nitro benzene ring substituents is 1. The van der Waals surface area contributed by atoms with Crippen LogP contribution in [0.4, 0.5) is 24.5 Å². The van der Waals surface area contributed by atoms with Crippen molar-refractivity contribution < 1.29 is 37.2 Å². The van der Waals surface area contributed by atoms with Gasteiger partial charge in [-0.1, -0.05) is 18.2 Å². The van der Waals surface area contributed by atoms with Gasteiger partial charge in [-0.25, -0.2) is 9.78 Å². The third kappa shape index (κ3) is 5.29. The number of carbonyl (C=O) groups is 2. The van der Waals surface area contributed by atoms with Crippen molar-refractivity contribution in [2.75, 3.05) is 19.0 Å². The summed E-state index contributed by atoms with van der Waals surface area (Å²) in [4.78, 5) is 39.5. The first kappa shape index (κ1) is 24.6. The average Bonchev–Trinajstić information content (AvgIpc) is 2.77. The van der Waals surface area contributed by atoms with E-state index in [0.29, 0.717) is 34.3 Å². The maximum absolute atomic E-state index is 12.8. The fourth-order valence-corrected chi connectivity index (χ4v) is 3.31. The first-order chi connectivity index (χ1) is 16.0. The number of hydrogen-bond donors (Lipinski definition) is 1. The van der Waals surface area contributed by atoms with E-state index in [2.05, 4.69) is 10.3 Å². The van der Waals surface area contributed by atoms with Gasteiger partial charge in [-0.3, -0.25) is 14.9 Å². The highest BCUT2D eigenvalue weighted by atomic mass is 19.4. The Hall–Kier alpha value is -4.06. The number of anilines is 1. The molecule has 0 saturated carbocycles. The minimum absolute atomic E-state index is 0.0000524. The van der Waals surface area contributed by atoms with Crippen LogP contribution >= 0.6 is 0 Å². The average molecular weight is 477 g/mol. The van der Waals surface area contributed by atoms with Gasteiger partial charge < -0.3 is 14.8 Å². The van der Waals surface area contributed by atoms with Gasteiger partial charge in [0.1, 0.15) is 5.69 Å². The number of para-hydroxylation sites is 1. The van der Waals surface area contributed by atoms with Gasteiger partial charge in [-0.05, 0) is 30.7 Å². The number of benzene rings is 2. The molecule has 0 saturated heterocycles. The van der Waals surface area contributed by atoms with Crippen LogP contribution in [0.5, 0.6) is 0 Å². The molecule has 3 rings (SSSR count). The molecule has 1 heterocycles. The fraction of sp³-hybridized carbons (Fsp3) is 0.227. The van der Waals surface area contributed by atoms with Gasteiger partial charge >= 0.3 is 12.1 Å². The molecule has 12 heteroatoms. The fourth-order valence-electron chi connectivity index (χ4n) is 3.31. The van der Waals surface area contributed by atoms with E-state index in [0.717, 1.165) is 6.07 Å². The van der Waals surface area contributed by atoms with Gasteiger partial charge in [0.15, 0.2) is 6.61 Å². The van der Waals surface area contributed by atoms with E-state index in [9.17, 15) is 32.9 Å². The first-order valence-corrected chi connectivity index (χ1v) is 9.72. The summed E-state index contributed by atoms with van der Waals surface area (Å²) < 4.78 is 48.7. The number of halogens is 3. The van der Waals surface area contributed by atoms with E-state index in [1.165, 1.54) is 7.11 Å². The van der Waals surface area contributed by atoms with Crippen molar-refractivity contribution in [2.24, 2.45) is 0 Å². The molecular formula is C22H18F3N3O6. The summed E-state index contributed by atoms with van der Waals surface area (Å²) in [6.45, 7) is 0.848. The third-order valence-electron chi connectivity index (χ3n) is 4.84. The zero-order valence-corrected chi connectivity index (χ0v) is 17.9. The lowest BCUT2D eigenvalue weighted by molar-refractivity contribution is -0.384. The molecule has 0 spiro atoms. The highest BCUT2D eigenvalue weighted by Crippen LogP contribution is 2.35. The van der Waals surface area contributed by atoms with Crippen LogP contribution in [-0.4, -0.2) is 35.5 Å². The van der Waals surface area contributed by atoms with Crippen LogP contribution < -0.4 is 5.32 Å². The predicted octanol–water partition coefficient (Wildman–Crippen LogP) is 4.41. The number of fused-ring (bicyclic) bond motifs is 1. The minimum atomic E-state index is -4.80. The molecule has 34 heavy (non-hydrogen) atoms. The number of aromatic nitrogens is 1. The standard InChI is InChI=1S/C22H18F3N3O6/c1-12-14-5-3-4-6-15(14)26-17(10-33-2)20(12)21(30)34-11-19(29)27-16-8-7-13(22(23,24)25)9-18(16)28(31)32/h3-9H,10-11H2,1-2H3,(H,27,29). The number of esters is 1. The van der Waals surface area contributed by atoms with E-state index in [-0.39, 0.29) is 12.2 Å². The van der Waals surface area contributed by atoms with Gasteiger partial charge in [0.2, 0.25) is 0 Å². The topological polar surface area (TPSA) is 121 Å². The second-order valence-corrected chi connectivity index (χ2v) is 7.12. The van der Waals surface area contributed by atoms with Crippen LogP contribution in [0.25, 0.3) is 10.9 Å². The van der Waals surface area contributed by atoms with Gasteiger partial charge in [0, 0.05) is 18.6 Å². The van der Waals surface area contributed by atoms with E-state index in [1.807, 2.05) is 0 Å². The van der Waals surface area contributed by atoms with Crippen LogP contribution in [0, 0.1) is 17.0 Å². The first-order valence-electron chi connectivity index (χ1n) is 9.72. The number of methoxy groups -OCH3 is 1. The van der Waals surface area contributed by atoms with Crippen LogP contribution in [0.15, 0.2) is 42.5 Å². The van der Waals surface area contributed by atoms with Crippen molar-refractivity contribution in [3.8, 4) is 0 Å². The number of ether oxygens (including phenoxy) is 2. The van der Waals surface area contributed by atoms with Crippen LogP contribution in [0.3, 0.4) is 0 Å². The van der Waals surface area contributed by atoms with Crippen molar-refractivity contribution in [3.05, 3.63) is 75.0 Å². The summed E-state index contributed by atoms with van der Waals surface area (Å²) in [6, 6.07) is 8.75. The van der Waals surface area contributed by atoms with Crippen molar-refractivity contribution in [2.45, 2.75) is 19.7 Å². The van der Waals surface area contributed by atoms with E-state index >= 15 is 0 Å². The van der Waals surface area contributed by atoms with Crippen molar-refractivity contribution in [1.82, 2.24) is 4.98 Å². The molecule has 3 aromatic rings. The predicted molar refractivity (Wildman–Crippen MR) is 114 cm³/mol. The molecule has 9 nitrogen and oxygen atoms in total. The van der Waals surface area contributed by atoms with Gasteiger partial charge in [-0.15, -0.1) is 0 Å². The summed E-state index contributed by atoms with van der Waals surface area (Å²) in [7, 11) is 1.42. The number of hydrogen-bond acceptors (Lipinski definition) is 7. The molecule has 0 radical (unpaired) electrons. The Balaban J connectivity index is 1.79. The number of alkyl halides is 3. The minimum Gasteiger partial charge on any atom is -0.452 e. The second-order valence-electron chi connectivity index (χ2n) is 7.12. The molecule has 0 unspecified atom stereocenters. The normalized spacial score (nSPS) is 11.3. The molecule has 0 atom stereocenters. The Morgan fingerprint density at radius 3 is 2.53 bits per heavy atom. The molecular weight excluding hydrogens is 459 g/mol. The summed E-state index contributed by atoms with van der Waals surface area (Å²) in [5.41, 5.74) is -1.07. The smallest absolute Gasteiger partial charge is 0.416 e. The molecule has 0 fully saturated rings. The number of amides is 1. The number of nitrogens with one attached hydrogen (secondary N) is 1. The number of carbonyl (C=O) groups excluding carboxylic acids is 2. The van der Waals surface area contributed by atoms with Crippen molar-refractivity contribution in [3.63, 3.8) is 0 Å². The largest absolute Gasteiger partial charge is 0.452 e. The lowest BCUT2D eigenvalue weighted by Crippen LogP contribution is -2.23. The van der Waals surface area contributed by atoms with Crippen molar-refractivity contribution >= 4 is 34.2 Å². The quantitative estimate of drug-likeness (QED) is 0.304. The number of rotatable bonds is 7. The molecule has 0 aliphatic carbocycles. The Morgan fingerprint density at radius 1 is 1.18 bits per heavy atom. The molecule has 1 amide bonds. The maximum atomic E-state index is 12.8. The number of nitrogens with zero attached hydrogens (tertiary/aromatic N) is 2. The lowest BCUT2D eigenvalue weighted by atomic mass is 10.0.